The Morgan fingerprint density at radius 2 is 1.93 bits per heavy atom. The van der Waals surface area contributed by atoms with Gasteiger partial charge in [-0.1, -0.05) is 12.1 Å². The zero-order valence-electron chi connectivity index (χ0n) is 15.2. The third kappa shape index (κ3) is 3.72. The van der Waals surface area contributed by atoms with Gasteiger partial charge in [0.05, 0.1) is 28.2 Å². The highest BCUT2D eigenvalue weighted by atomic mass is 16.6. The van der Waals surface area contributed by atoms with Crippen molar-refractivity contribution < 1.29 is 19.2 Å². The summed E-state index contributed by atoms with van der Waals surface area (Å²) in [4.78, 5) is 39.8. The first-order valence-electron chi connectivity index (χ1n) is 8.85. The first-order chi connectivity index (χ1) is 14.0. The second kappa shape index (κ2) is 7.58. The summed E-state index contributed by atoms with van der Waals surface area (Å²) in [5, 5.41) is 14.3. The summed E-state index contributed by atoms with van der Waals surface area (Å²) in [7, 11) is 0. The number of amides is 1. The molecule has 1 N–H and O–H groups in total. The van der Waals surface area contributed by atoms with Gasteiger partial charge in [0.15, 0.2) is 11.5 Å². The van der Waals surface area contributed by atoms with Crippen LogP contribution in [-0.2, 0) is 11.3 Å². The molecule has 0 unspecified atom stereocenters. The standard InChI is InChI=1S/C19H16N4O6/c24-18(5-6-22-11-20-13-4-2-1-3-12(13)19(22)25)21-14-9-16-17(29-8-7-28-16)10-15(14)23(26)27/h1-4,9-11H,5-8H2,(H,21,24). The van der Waals surface area contributed by atoms with Crippen LogP contribution in [0.25, 0.3) is 10.9 Å². The van der Waals surface area contributed by atoms with Crippen LogP contribution < -0.4 is 20.3 Å². The summed E-state index contributed by atoms with van der Waals surface area (Å²) < 4.78 is 12.1. The fourth-order valence-corrected chi connectivity index (χ4v) is 3.03. The molecule has 0 atom stereocenters. The molecule has 0 bridgehead atoms. The lowest BCUT2D eigenvalue weighted by atomic mass is 10.2. The molecule has 0 fully saturated rings. The Kier molecular flexibility index (Phi) is 4.82. The second-order valence-electron chi connectivity index (χ2n) is 6.33. The molecule has 148 valence electrons. The van der Waals surface area contributed by atoms with Crippen LogP contribution in [0.2, 0.25) is 0 Å². The first-order valence-corrected chi connectivity index (χ1v) is 8.85. The smallest absolute Gasteiger partial charge is 0.296 e. The molecule has 10 nitrogen and oxygen atoms in total. The molecule has 0 spiro atoms. The molecule has 1 aliphatic rings. The lowest BCUT2D eigenvalue weighted by Gasteiger charge is -2.19. The molecule has 2 heterocycles. The minimum absolute atomic E-state index is 0.00762. The highest BCUT2D eigenvalue weighted by molar-refractivity contribution is 5.93. The van der Waals surface area contributed by atoms with E-state index in [-0.39, 0.29) is 35.6 Å². The Balaban J connectivity index is 1.51. The van der Waals surface area contributed by atoms with E-state index in [0.29, 0.717) is 29.9 Å². The van der Waals surface area contributed by atoms with Crippen LogP contribution in [0.5, 0.6) is 11.5 Å². The van der Waals surface area contributed by atoms with Gasteiger partial charge in [-0.25, -0.2) is 4.98 Å². The number of aromatic nitrogens is 2. The molecule has 1 aromatic heterocycles. The third-order valence-corrected chi connectivity index (χ3v) is 4.44. The summed E-state index contributed by atoms with van der Waals surface area (Å²) in [6.45, 7) is 0.696. The number of hydrogen-bond donors (Lipinski definition) is 1. The molecule has 1 aliphatic heterocycles. The molecular formula is C19H16N4O6. The molecule has 0 radical (unpaired) electrons. The fraction of sp³-hybridized carbons (Fsp3) is 0.211. The maximum atomic E-state index is 12.5. The van der Waals surface area contributed by atoms with E-state index < -0.39 is 10.8 Å². The van der Waals surface area contributed by atoms with Crippen molar-refractivity contribution in [2.24, 2.45) is 0 Å². The van der Waals surface area contributed by atoms with Gasteiger partial charge in [-0.15, -0.1) is 0 Å². The van der Waals surface area contributed by atoms with E-state index in [2.05, 4.69) is 10.3 Å². The lowest BCUT2D eigenvalue weighted by Crippen LogP contribution is -2.24. The summed E-state index contributed by atoms with van der Waals surface area (Å²) >= 11 is 0. The number of nitro benzene ring substituents is 1. The monoisotopic (exact) mass is 396 g/mol. The van der Waals surface area contributed by atoms with E-state index in [1.54, 1.807) is 24.3 Å². The Bertz CT molecular complexity index is 1170. The van der Waals surface area contributed by atoms with E-state index in [9.17, 15) is 19.7 Å². The number of ether oxygens (including phenoxy) is 2. The van der Waals surface area contributed by atoms with Crippen molar-refractivity contribution in [3.63, 3.8) is 0 Å². The van der Waals surface area contributed by atoms with E-state index >= 15 is 0 Å². The van der Waals surface area contributed by atoms with Crippen molar-refractivity contribution in [2.45, 2.75) is 13.0 Å². The van der Waals surface area contributed by atoms with Crippen molar-refractivity contribution in [1.29, 1.82) is 0 Å². The van der Waals surface area contributed by atoms with Crippen LogP contribution in [0.4, 0.5) is 11.4 Å². The normalized spacial score (nSPS) is 12.6. The summed E-state index contributed by atoms with van der Waals surface area (Å²) in [5.74, 6) is 0.103. The predicted octanol–water partition coefficient (Wildman–Crippen LogP) is 2.10. The van der Waals surface area contributed by atoms with Crippen molar-refractivity contribution in [2.75, 3.05) is 18.5 Å². The van der Waals surface area contributed by atoms with Gasteiger partial charge < -0.3 is 14.8 Å². The molecule has 10 heteroatoms. The van der Waals surface area contributed by atoms with Crippen LogP contribution >= 0.6 is 0 Å². The van der Waals surface area contributed by atoms with Gasteiger partial charge in [-0.3, -0.25) is 24.3 Å². The largest absolute Gasteiger partial charge is 0.486 e. The van der Waals surface area contributed by atoms with Crippen molar-refractivity contribution in [3.05, 3.63) is 63.2 Å². The summed E-state index contributed by atoms with van der Waals surface area (Å²) in [6.07, 6.45) is 1.32. The van der Waals surface area contributed by atoms with Crippen LogP contribution in [-0.4, -0.2) is 33.6 Å². The molecule has 0 saturated carbocycles. The van der Waals surface area contributed by atoms with Crippen molar-refractivity contribution in [3.8, 4) is 11.5 Å². The SMILES string of the molecule is O=C(CCn1cnc2ccccc2c1=O)Nc1cc2c(cc1[N+](=O)[O-])OCCO2. The summed E-state index contributed by atoms with van der Waals surface area (Å²) in [6, 6.07) is 9.51. The van der Waals surface area contributed by atoms with Crippen LogP contribution in [0.15, 0.2) is 47.5 Å². The number of para-hydroxylation sites is 1. The molecule has 0 saturated heterocycles. The number of rotatable bonds is 5. The quantitative estimate of drug-likeness (QED) is 0.517. The topological polar surface area (TPSA) is 126 Å². The van der Waals surface area contributed by atoms with Crippen LogP contribution in [0, 0.1) is 10.1 Å². The predicted molar refractivity (Wildman–Crippen MR) is 103 cm³/mol. The van der Waals surface area contributed by atoms with Gasteiger partial charge in [0.2, 0.25) is 5.91 Å². The number of nitrogens with zero attached hydrogens (tertiary/aromatic N) is 3. The number of hydrogen-bond acceptors (Lipinski definition) is 7. The lowest BCUT2D eigenvalue weighted by molar-refractivity contribution is -0.384. The highest BCUT2D eigenvalue weighted by Crippen LogP contribution is 2.39. The van der Waals surface area contributed by atoms with Gasteiger partial charge in [-0.2, -0.15) is 0 Å². The van der Waals surface area contributed by atoms with E-state index in [4.69, 9.17) is 9.47 Å². The van der Waals surface area contributed by atoms with Gasteiger partial charge in [-0.05, 0) is 12.1 Å². The Morgan fingerprint density at radius 3 is 2.69 bits per heavy atom. The number of carbonyl (C=O) groups excluding carboxylic acids is 1. The van der Waals surface area contributed by atoms with Gasteiger partial charge in [0.25, 0.3) is 11.2 Å². The molecular weight excluding hydrogens is 380 g/mol. The second-order valence-corrected chi connectivity index (χ2v) is 6.33. The number of anilines is 1. The van der Waals surface area contributed by atoms with Crippen LogP contribution in [0.3, 0.4) is 0 Å². The Hall–Kier alpha value is -3.95. The van der Waals surface area contributed by atoms with Gasteiger partial charge >= 0.3 is 0 Å². The van der Waals surface area contributed by atoms with Crippen molar-refractivity contribution in [1.82, 2.24) is 9.55 Å². The zero-order valence-corrected chi connectivity index (χ0v) is 15.2. The minimum atomic E-state index is -0.606. The number of benzene rings is 2. The maximum Gasteiger partial charge on any atom is 0.296 e. The number of carbonyl (C=O) groups is 1. The molecule has 4 rings (SSSR count). The minimum Gasteiger partial charge on any atom is -0.486 e. The highest BCUT2D eigenvalue weighted by Gasteiger charge is 2.23. The molecule has 29 heavy (non-hydrogen) atoms. The Labute approximate surface area is 163 Å². The van der Waals surface area contributed by atoms with Gasteiger partial charge in [0.1, 0.15) is 18.9 Å². The fourth-order valence-electron chi connectivity index (χ4n) is 3.03. The number of nitrogens with one attached hydrogen (secondary N) is 1. The first kappa shape index (κ1) is 18.4. The molecule has 3 aromatic rings. The number of nitro groups is 1. The number of fused-ring (bicyclic) bond motifs is 2. The van der Waals surface area contributed by atoms with Gasteiger partial charge in [0, 0.05) is 19.0 Å². The van der Waals surface area contributed by atoms with Crippen LogP contribution in [0.1, 0.15) is 6.42 Å². The zero-order chi connectivity index (χ0) is 20.4. The average Bonchev–Trinajstić information content (AvgIpc) is 2.73. The average molecular weight is 396 g/mol. The van der Waals surface area contributed by atoms with E-state index in [1.165, 1.54) is 23.0 Å². The third-order valence-electron chi connectivity index (χ3n) is 4.44. The summed E-state index contributed by atoms with van der Waals surface area (Å²) in [5.41, 5.74) is 0.0270. The number of aryl methyl sites for hydroxylation is 1. The van der Waals surface area contributed by atoms with E-state index in [1.807, 2.05) is 0 Å². The maximum absolute atomic E-state index is 12.5. The molecule has 2 aromatic carbocycles. The molecule has 1 amide bonds. The van der Waals surface area contributed by atoms with Crippen molar-refractivity contribution >= 4 is 28.2 Å². The molecule has 0 aliphatic carbocycles. The van der Waals surface area contributed by atoms with E-state index in [0.717, 1.165) is 0 Å². The Morgan fingerprint density at radius 1 is 1.21 bits per heavy atom.